The summed E-state index contributed by atoms with van der Waals surface area (Å²) in [5.74, 6) is -0.876. The molecule has 0 radical (unpaired) electrons. The van der Waals surface area contributed by atoms with Crippen LogP contribution < -0.4 is 10.1 Å². The number of carboxylic acids is 1. The monoisotopic (exact) mass is 367 g/mol. The zero-order valence-electron chi connectivity index (χ0n) is 15.0. The van der Waals surface area contributed by atoms with Crippen molar-refractivity contribution in [3.8, 4) is 5.75 Å². The van der Waals surface area contributed by atoms with Gasteiger partial charge in [0.15, 0.2) is 5.76 Å². The Morgan fingerprint density at radius 2 is 1.93 bits per heavy atom. The Labute approximate surface area is 156 Å². The lowest BCUT2D eigenvalue weighted by molar-refractivity contribution is -0.139. The number of furan rings is 1. The summed E-state index contributed by atoms with van der Waals surface area (Å²) in [6.45, 7) is 0. The van der Waals surface area contributed by atoms with E-state index in [4.69, 9.17) is 9.15 Å². The first-order valence-electron chi connectivity index (χ1n) is 8.72. The minimum atomic E-state index is -1.06. The SMILES string of the molecule is COc1ccc2oc(C(=O)NC(CCCc3ccccc3)C(=O)O)cc2c1. The maximum Gasteiger partial charge on any atom is 0.326 e. The average Bonchev–Trinajstić information content (AvgIpc) is 3.11. The van der Waals surface area contributed by atoms with Gasteiger partial charge in [0.25, 0.3) is 5.91 Å². The van der Waals surface area contributed by atoms with Crippen molar-refractivity contribution in [2.24, 2.45) is 0 Å². The van der Waals surface area contributed by atoms with Gasteiger partial charge in [-0.15, -0.1) is 0 Å². The Kier molecular flexibility index (Phi) is 5.76. The number of aryl methyl sites for hydroxylation is 1. The molecule has 0 bridgehead atoms. The van der Waals surface area contributed by atoms with Crippen molar-refractivity contribution in [1.29, 1.82) is 0 Å². The number of benzene rings is 2. The summed E-state index contributed by atoms with van der Waals surface area (Å²) < 4.78 is 10.7. The number of methoxy groups -OCH3 is 1. The van der Waals surface area contributed by atoms with Crippen molar-refractivity contribution in [2.75, 3.05) is 7.11 Å². The van der Waals surface area contributed by atoms with E-state index in [-0.39, 0.29) is 5.76 Å². The van der Waals surface area contributed by atoms with Crippen LogP contribution in [-0.2, 0) is 11.2 Å². The van der Waals surface area contributed by atoms with Gasteiger partial charge in [0.2, 0.25) is 0 Å². The molecule has 2 N–H and O–H groups in total. The molecule has 27 heavy (non-hydrogen) atoms. The van der Waals surface area contributed by atoms with Crippen molar-refractivity contribution >= 4 is 22.8 Å². The predicted octanol–water partition coefficient (Wildman–Crippen LogP) is 3.65. The van der Waals surface area contributed by atoms with E-state index < -0.39 is 17.9 Å². The maximum absolute atomic E-state index is 12.4. The molecule has 3 rings (SSSR count). The van der Waals surface area contributed by atoms with Crippen LogP contribution in [0.4, 0.5) is 0 Å². The smallest absolute Gasteiger partial charge is 0.326 e. The van der Waals surface area contributed by atoms with E-state index in [2.05, 4.69) is 5.32 Å². The molecular formula is C21H21NO5. The first-order valence-corrected chi connectivity index (χ1v) is 8.72. The number of ether oxygens (including phenoxy) is 1. The second kappa shape index (κ2) is 8.40. The van der Waals surface area contributed by atoms with E-state index in [0.717, 1.165) is 17.4 Å². The molecule has 140 valence electrons. The Hall–Kier alpha value is -3.28. The van der Waals surface area contributed by atoms with Crippen LogP contribution in [0.15, 0.2) is 59.0 Å². The van der Waals surface area contributed by atoms with Gasteiger partial charge >= 0.3 is 5.97 Å². The molecule has 0 aliphatic heterocycles. The second-order valence-corrected chi connectivity index (χ2v) is 6.26. The molecule has 1 heterocycles. The van der Waals surface area contributed by atoms with Crippen LogP contribution in [0.5, 0.6) is 5.75 Å². The summed E-state index contributed by atoms with van der Waals surface area (Å²) in [4.78, 5) is 23.9. The van der Waals surface area contributed by atoms with Gasteiger partial charge in [-0.2, -0.15) is 0 Å². The molecule has 2 aromatic carbocycles. The molecule has 1 amide bonds. The second-order valence-electron chi connectivity index (χ2n) is 6.26. The Morgan fingerprint density at radius 1 is 1.15 bits per heavy atom. The number of aliphatic carboxylic acids is 1. The lowest BCUT2D eigenvalue weighted by atomic mass is 10.0. The van der Waals surface area contributed by atoms with E-state index in [9.17, 15) is 14.7 Å². The lowest BCUT2D eigenvalue weighted by Crippen LogP contribution is -2.40. The lowest BCUT2D eigenvalue weighted by Gasteiger charge is -2.13. The Bertz CT molecular complexity index is 932. The number of hydrogen-bond donors (Lipinski definition) is 2. The van der Waals surface area contributed by atoms with Gasteiger partial charge in [-0.1, -0.05) is 30.3 Å². The molecule has 0 aliphatic rings. The largest absolute Gasteiger partial charge is 0.497 e. The summed E-state index contributed by atoms with van der Waals surface area (Å²) >= 11 is 0. The third kappa shape index (κ3) is 4.67. The highest BCUT2D eigenvalue weighted by Gasteiger charge is 2.22. The summed E-state index contributed by atoms with van der Waals surface area (Å²) in [6, 6.07) is 15.6. The summed E-state index contributed by atoms with van der Waals surface area (Å²) in [5.41, 5.74) is 1.68. The van der Waals surface area contributed by atoms with Crippen LogP contribution in [0.3, 0.4) is 0 Å². The van der Waals surface area contributed by atoms with Crippen molar-refractivity contribution < 1.29 is 23.8 Å². The van der Waals surface area contributed by atoms with Crippen molar-refractivity contribution in [1.82, 2.24) is 5.32 Å². The molecule has 0 fully saturated rings. The molecule has 1 unspecified atom stereocenters. The van der Waals surface area contributed by atoms with Gasteiger partial charge in [0.1, 0.15) is 17.4 Å². The van der Waals surface area contributed by atoms with E-state index in [0.29, 0.717) is 24.2 Å². The third-order valence-electron chi connectivity index (χ3n) is 4.35. The summed E-state index contributed by atoms with van der Waals surface area (Å²) in [7, 11) is 1.56. The number of nitrogens with one attached hydrogen (secondary N) is 1. The molecule has 1 atom stereocenters. The van der Waals surface area contributed by atoms with E-state index >= 15 is 0 Å². The van der Waals surface area contributed by atoms with Gasteiger partial charge in [0.05, 0.1) is 7.11 Å². The van der Waals surface area contributed by atoms with Crippen LogP contribution >= 0.6 is 0 Å². The molecule has 0 saturated carbocycles. The first-order chi connectivity index (χ1) is 13.1. The van der Waals surface area contributed by atoms with E-state index in [1.54, 1.807) is 31.4 Å². The van der Waals surface area contributed by atoms with Gasteiger partial charge in [-0.3, -0.25) is 4.79 Å². The van der Waals surface area contributed by atoms with Gasteiger partial charge in [-0.05, 0) is 49.1 Å². The molecule has 3 aromatic rings. The fourth-order valence-corrected chi connectivity index (χ4v) is 2.90. The first kappa shape index (κ1) is 18.5. The van der Waals surface area contributed by atoms with Gasteiger partial charge in [-0.25, -0.2) is 4.79 Å². The van der Waals surface area contributed by atoms with E-state index in [1.807, 2.05) is 30.3 Å². The number of carbonyl (C=O) groups excluding carboxylic acids is 1. The van der Waals surface area contributed by atoms with Gasteiger partial charge < -0.3 is 19.6 Å². The summed E-state index contributed by atoms with van der Waals surface area (Å²) in [6.07, 6.45) is 1.74. The van der Waals surface area contributed by atoms with E-state index in [1.165, 1.54) is 0 Å². The van der Waals surface area contributed by atoms with Crippen LogP contribution in [0.1, 0.15) is 29.0 Å². The minimum Gasteiger partial charge on any atom is -0.497 e. The third-order valence-corrected chi connectivity index (χ3v) is 4.35. The molecule has 0 aliphatic carbocycles. The number of carboxylic acid groups (broad SMARTS) is 1. The minimum absolute atomic E-state index is 0.0764. The van der Waals surface area contributed by atoms with Crippen molar-refractivity contribution in [2.45, 2.75) is 25.3 Å². The van der Waals surface area contributed by atoms with Crippen LogP contribution in [-0.4, -0.2) is 30.1 Å². The van der Waals surface area contributed by atoms with Crippen molar-refractivity contribution in [3.05, 3.63) is 65.9 Å². The fraction of sp³-hybridized carbons (Fsp3) is 0.238. The van der Waals surface area contributed by atoms with Crippen LogP contribution in [0.2, 0.25) is 0 Å². The number of amides is 1. The maximum atomic E-state index is 12.4. The predicted molar refractivity (Wildman–Crippen MR) is 101 cm³/mol. The number of carbonyl (C=O) groups is 2. The van der Waals surface area contributed by atoms with Crippen LogP contribution in [0, 0.1) is 0 Å². The number of hydrogen-bond acceptors (Lipinski definition) is 4. The Morgan fingerprint density at radius 3 is 2.63 bits per heavy atom. The molecule has 0 saturated heterocycles. The molecule has 6 heteroatoms. The van der Waals surface area contributed by atoms with Gasteiger partial charge in [0, 0.05) is 5.39 Å². The highest BCUT2D eigenvalue weighted by Crippen LogP contribution is 2.24. The number of rotatable bonds is 8. The molecule has 1 aromatic heterocycles. The zero-order valence-corrected chi connectivity index (χ0v) is 15.0. The standard InChI is InChI=1S/C21H21NO5/c1-26-16-10-11-18-15(12-16)13-19(27-18)20(23)22-17(21(24)25)9-5-8-14-6-3-2-4-7-14/h2-4,6-7,10-13,17H,5,8-9H2,1H3,(H,22,23)(H,24,25). The summed E-state index contributed by atoms with van der Waals surface area (Å²) in [5, 5.41) is 12.7. The quantitative estimate of drug-likeness (QED) is 0.634. The average molecular weight is 367 g/mol. The molecule has 6 nitrogen and oxygen atoms in total. The zero-order chi connectivity index (χ0) is 19.2. The van der Waals surface area contributed by atoms with Crippen molar-refractivity contribution in [3.63, 3.8) is 0 Å². The number of fused-ring (bicyclic) bond motifs is 1. The highest BCUT2D eigenvalue weighted by molar-refractivity contribution is 5.98. The van der Waals surface area contributed by atoms with Crippen LogP contribution in [0.25, 0.3) is 11.0 Å². The Balaban J connectivity index is 1.63. The highest BCUT2D eigenvalue weighted by atomic mass is 16.5. The fourth-order valence-electron chi connectivity index (χ4n) is 2.90. The molecular weight excluding hydrogens is 346 g/mol. The molecule has 0 spiro atoms. The normalized spacial score (nSPS) is 11.9. The topological polar surface area (TPSA) is 88.8 Å².